The Labute approximate surface area is 136 Å². The first-order valence-electron chi connectivity index (χ1n) is 6.70. The van der Waals surface area contributed by atoms with Crippen molar-refractivity contribution in [2.45, 2.75) is 6.92 Å². The van der Waals surface area contributed by atoms with Gasteiger partial charge in [0.15, 0.2) is 0 Å². The van der Waals surface area contributed by atoms with Gasteiger partial charge in [-0.25, -0.2) is 0 Å². The second kappa shape index (κ2) is 6.02. The highest BCUT2D eigenvalue weighted by Crippen LogP contribution is 2.34. The summed E-state index contributed by atoms with van der Waals surface area (Å²) in [6.45, 7) is 2.13. The number of halogens is 1. The van der Waals surface area contributed by atoms with E-state index in [1.54, 1.807) is 31.2 Å². The van der Waals surface area contributed by atoms with Gasteiger partial charge in [0.1, 0.15) is 11.5 Å². The quantitative estimate of drug-likeness (QED) is 0.767. The molecule has 0 atom stereocenters. The summed E-state index contributed by atoms with van der Waals surface area (Å²) in [5, 5.41) is 0.339. The van der Waals surface area contributed by atoms with Crippen molar-refractivity contribution in [1.82, 2.24) is 4.90 Å². The monoisotopic (exact) mass is 333 g/mol. The largest absolute Gasteiger partial charge is 0.457 e. The molecule has 1 aliphatic heterocycles. The Morgan fingerprint density at radius 2 is 2.00 bits per heavy atom. The lowest BCUT2D eigenvalue weighted by molar-refractivity contribution is -0.122. The van der Waals surface area contributed by atoms with Gasteiger partial charge in [0, 0.05) is 18.2 Å². The minimum atomic E-state index is -0.284. The standard InChI is InChI=1S/C16H12ClNO3S/c1-2-18-15(19)14(22-16(18)20)9-10-7-8-13(21-10)11-5-3-4-6-12(11)17/h3-9H,2H2,1H3. The summed E-state index contributed by atoms with van der Waals surface area (Å²) in [5.41, 5.74) is 0.783. The van der Waals surface area contributed by atoms with Gasteiger partial charge in [0.05, 0.1) is 9.93 Å². The van der Waals surface area contributed by atoms with Crippen molar-refractivity contribution in [3.05, 3.63) is 52.1 Å². The Bertz CT molecular complexity index is 781. The number of hydrogen-bond donors (Lipinski definition) is 0. The third-order valence-corrected chi connectivity index (χ3v) is 4.47. The van der Waals surface area contributed by atoms with Crippen LogP contribution in [0.5, 0.6) is 0 Å². The number of likely N-dealkylation sites (N-methyl/N-ethyl adjacent to an activating group) is 1. The maximum atomic E-state index is 12.0. The van der Waals surface area contributed by atoms with Crippen LogP contribution in [0.4, 0.5) is 4.79 Å². The van der Waals surface area contributed by atoms with Gasteiger partial charge in [-0.1, -0.05) is 23.7 Å². The molecule has 0 radical (unpaired) electrons. The normalized spacial score (nSPS) is 16.8. The number of rotatable bonds is 3. The third kappa shape index (κ3) is 2.69. The summed E-state index contributed by atoms with van der Waals surface area (Å²) >= 11 is 7.06. The summed E-state index contributed by atoms with van der Waals surface area (Å²) in [4.78, 5) is 25.3. The molecule has 0 spiro atoms. The first-order chi connectivity index (χ1) is 10.6. The second-order valence-electron chi connectivity index (χ2n) is 4.61. The molecular weight excluding hydrogens is 322 g/mol. The molecule has 0 unspecified atom stereocenters. The number of carbonyl (C=O) groups is 2. The van der Waals surface area contributed by atoms with Crippen molar-refractivity contribution in [2.75, 3.05) is 6.54 Å². The number of benzene rings is 1. The van der Waals surface area contributed by atoms with Crippen molar-refractivity contribution in [3.8, 4) is 11.3 Å². The van der Waals surface area contributed by atoms with Crippen molar-refractivity contribution >= 4 is 40.6 Å². The van der Waals surface area contributed by atoms with Crippen molar-refractivity contribution in [1.29, 1.82) is 0 Å². The molecular formula is C16H12ClNO3S. The maximum absolute atomic E-state index is 12.0. The van der Waals surface area contributed by atoms with Crippen LogP contribution in [0, 0.1) is 0 Å². The Kier molecular flexibility index (Phi) is 4.09. The van der Waals surface area contributed by atoms with Gasteiger partial charge in [-0.3, -0.25) is 14.5 Å². The molecule has 2 aromatic rings. The lowest BCUT2D eigenvalue weighted by Crippen LogP contribution is -2.27. The Morgan fingerprint density at radius 1 is 1.23 bits per heavy atom. The van der Waals surface area contributed by atoms with Gasteiger partial charge in [-0.2, -0.15) is 0 Å². The van der Waals surface area contributed by atoms with Crippen LogP contribution >= 0.6 is 23.4 Å². The number of amides is 2. The summed E-state index contributed by atoms with van der Waals surface area (Å²) in [6.07, 6.45) is 1.58. The van der Waals surface area contributed by atoms with Gasteiger partial charge < -0.3 is 4.42 Å². The van der Waals surface area contributed by atoms with Gasteiger partial charge >= 0.3 is 0 Å². The van der Waals surface area contributed by atoms with Crippen LogP contribution in [0.1, 0.15) is 12.7 Å². The van der Waals surface area contributed by atoms with Crippen LogP contribution in [0.3, 0.4) is 0 Å². The number of furan rings is 1. The number of nitrogens with zero attached hydrogens (tertiary/aromatic N) is 1. The number of thioether (sulfide) groups is 1. The van der Waals surface area contributed by atoms with E-state index in [2.05, 4.69) is 0 Å². The molecule has 1 saturated heterocycles. The second-order valence-corrected chi connectivity index (χ2v) is 6.01. The minimum Gasteiger partial charge on any atom is -0.457 e. The molecule has 6 heteroatoms. The summed E-state index contributed by atoms with van der Waals surface area (Å²) in [7, 11) is 0. The third-order valence-electron chi connectivity index (χ3n) is 3.23. The van der Waals surface area contributed by atoms with Crippen LogP contribution in [0.25, 0.3) is 17.4 Å². The lowest BCUT2D eigenvalue weighted by Gasteiger charge is -2.06. The molecule has 1 aliphatic rings. The molecule has 2 heterocycles. The van der Waals surface area contributed by atoms with E-state index in [0.717, 1.165) is 17.3 Å². The number of hydrogen-bond acceptors (Lipinski definition) is 4. The fourth-order valence-corrected chi connectivity index (χ4v) is 3.25. The van der Waals surface area contributed by atoms with E-state index in [4.69, 9.17) is 16.0 Å². The lowest BCUT2D eigenvalue weighted by atomic mass is 10.2. The highest BCUT2D eigenvalue weighted by atomic mass is 35.5. The molecule has 2 amide bonds. The molecule has 0 aliphatic carbocycles. The molecule has 0 N–H and O–H groups in total. The van der Waals surface area contributed by atoms with Crippen LogP contribution < -0.4 is 0 Å². The summed E-state index contributed by atoms with van der Waals surface area (Å²) < 4.78 is 5.71. The molecule has 1 aromatic heterocycles. The fourth-order valence-electron chi connectivity index (χ4n) is 2.14. The molecule has 0 bridgehead atoms. The zero-order valence-electron chi connectivity index (χ0n) is 11.7. The van der Waals surface area contributed by atoms with Crippen LogP contribution in [0.15, 0.2) is 45.7 Å². The molecule has 3 rings (SSSR count). The van der Waals surface area contributed by atoms with Gasteiger partial charge in [0.2, 0.25) is 0 Å². The topological polar surface area (TPSA) is 50.5 Å². The highest BCUT2D eigenvalue weighted by molar-refractivity contribution is 8.18. The molecule has 1 aromatic carbocycles. The summed E-state index contributed by atoms with van der Waals surface area (Å²) in [5.74, 6) is 0.844. The van der Waals surface area contributed by atoms with Crippen molar-refractivity contribution in [3.63, 3.8) is 0 Å². The summed E-state index contributed by atoms with van der Waals surface area (Å²) in [6, 6.07) is 10.9. The molecule has 0 saturated carbocycles. The molecule has 1 fully saturated rings. The van der Waals surface area contributed by atoms with E-state index in [1.807, 2.05) is 18.2 Å². The van der Waals surface area contributed by atoms with E-state index in [-0.39, 0.29) is 11.1 Å². The average Bonchev–Trinajstić information content (AvgIpc) is 3.05. The Balaban J connectivity index is 1.90. The fraction of sp³-hybridized carbons (Fsp3) is 0.125. The SMILES string of the molecule is CCN1C(=O)SC(=Cc2ccc(-c3ccccc3Cl)o2)C1=O. The van der Waals surface area contributed by atoms with E-state index >= 15 is 0 Å². The molecule has 112 valence electrons. The first kappa shape index (κ1) is 14.9. The van der Waals surface area contributed by atoms with Crippen molar-refractivity contribution < 1.29 is 14.0 Å². The van der Waals surface area contributed by atoms with Crippen LogP contribution in [-0.4, -0.2) is 22.6 Å². The van der Waals surface area contributed by atoms with Gasteiger partial charge in [0.25, 0.3) is 11.1 Å². The maximum Gasteiger partial charge on any atom is 0.293 e. The number of imide groups is 1. The van der Waals surface area contributed by atoms with E-state index in [1.165, 1.54) is 4.90 Å². The van der Waals surface area contributed by atoms with Gasteiger partial charge in [-0.15, -0.1) is 0 Å². The predicted molar refractivity (Wildman–Crippen MR) is 87.5 cm³/mol. The van der Waals surface area contributed by atoms with E-state index in [9.17, 15) is 9.59 Å². The minimum absolute atomic E-state index is 0.253. The Hall–Kier alpha value is -1.98. The van der Waals surface area contributed by atoms with Gasteiger partial charge in [-0.05, 0) is 43.0 Å². The van der Waals surface area contributed by atoms with E-state index in [0.29, 0.717) is 28.0 Å². The van der Waals surface area contributed by atoms with Crippen LogP contribution in [-0.2, 0) is 4.79 Å². The zero-order valence-corrected chi connectivity index (χ0v) is 13.3. The molecule has 4 nitrogen and oxygen atoms in total. The van der Waals surface area contributed by atoms with Crippen LogP contribution in [0.2, 0.25) is 5.02 Å². The Morgan fingerprint density at radius 3 is 2.68 bits per heavy atom. The van der Waals surface area contributed by atoms with Crippen molar-refractivity contribution in [2.24, 2.45) is 0 Å². The highest BCUT2D eigenvalue weighted by Gasteiger charge is 2.33. The first-order valence-corrected chi connectivity index (χ1v) is 7.89. The predicted octanol–water partition coefficient (Wildman–Crippen LogP) is 4.66. The molecule has 22 heavy (non-hydrogen) atoms. The smallest absolute Gasteiger partial charge is 0.293 e. The van der Waals surface area contributed by atoms with E-state index < -0.39 is 0 Å². The number of carbonyl (C=O) groups excluding carboxylic acids is 2. The average molecular weight is 334 g/mol. The zero-order chi connectivity index (χ0) is 15.7.